The minimum absolute atomic E-state index is 0.386. The molecule has 3 rings (SSSR count). The Morgan fingerprint density at radius 1 is 1.04 bits per heavy atom. The lowest BCUT2D eigenvalue weighted by molar-refractivity contribution is -0.141. The van der Waals surface area contributed by atoms with E-state index >= 15 is 0 Å². The number of nitrogen functional groups attached to an aromatic ring is 1. The molecule has 0 spiro atoms. The Bertz CT molecular complexity index is 892. The highest BCUT2D eigenvalue weighted by atomic mass is 32.1. The molecule has 5 nitrogen and oxygen atoms in total. The molecule has 0 bridgehead atoms. The van der Waals surface area contributed by atoms with Crippen molar-refractivity contribution in [2.24, 2.45) is 0 Å². The normalized spacial score (nSPS) is 11.7. The smallest absolute Gasteiger partial charge is 0.320 e. The van der Waals surface area contributed by atoms with Gasteiger partial charge < -0.3 is 16.2 Å². The number of hydrogen-bond donors (Lipinski definition) is 3. The molecule has 1 atom stereocenters. The number of carboxylic acids is 1. The van der Waals surface area contributed by atoms with Gasteiger partial charge in [-0.25, -0.2) is 0 Å². The van der Waals surface area contributed by atoms with E-state index in [4.69, 9.17) is 5.73 Å². The number of carbonyl (C=O) groups is 2. The van der Waals surface area contributed by atoms with Crippen molar-refractivity contribution in [1.82, 2.24) is 0 Å². The molecule has 0 aliphatic heterocycles. The summed E-state index contributed by atoms with van der Waals surface area (Å²) in [5.41, 5.74) is 8.18. The van der Waals surface area contributed by atoms with Crippen LogP contribution in [0.3, 0.4) is 0 Å². The van der Waals surface area contributed by atoms with Crippen LogP contribution in [0.5, 0.6) is 0 Å². The molecule has 0 aliphatic carbocycles. The van der Waals surface area contributed by atoms with Crippen LogP contribution in [0.1, 0.15) is 11.5 Å². The third kappa shape index (κ3) is 3.70. The number of nitrogens with one attached hydrogen (secondary N) is 1. The van der Waals surface area contributed by atoms with E-state index in [-0.39, 0.29) is 0 Å². The maximum absolute atomic E-state index is 12.5. The average molecular weight is 352 g/mol. The minimum atomic E-state index is -1.29. The van der Waals surface area contributed by atoms with Gasteiger partial charge in [-0.15, -0.1) is 11.3 Å². The van der Waals surface area contributed by atoms with Gasteiger partial charge in [0.15, 0.2) is 5.92 Å². The van der Waals surface area contributed by atoms with Crippen molar-refractivity contribution in [2.45, 2.75) is 5.92 Å². The highest BCUT2D eigenvalue weighted by Crippen LogP contribution is 2.30. The van der Waals surface area contributed by atoms with Crippen LogP contribution in [-0.4, -0.2) is 17.0 Å². The average Bonchev–Trinajstić information content (AvgIpc) is 3.12. The van der Waals surface area contributed by atoms with Gasteiger partial charge in [0.25, 0.3) is 0 Å². The zero-order valence-electron chi connectivity index (χ0n) is 13.2. The van der Waals surface area contributed by atoms with Gasteiger partial charge in [0.1, 0.15) is 0 Å². The maximum Gasteiger partial charge on any atom is 0.320 e. The number of hydrogen-bond acceptors (Lipinski definition) is 4. The zero-order chi connectivity index (χ0) is 17.8. The molecule has 4 N–H and O–H groups in total. The van der Waals surface area contributed by atoms with Crippen molar-refractivity contribution in [3.05, 3.63) is 71.6 Å². The summed E-state index contributed by atoms with van der Waals surface area (Å²) in [4.78, 5) is 25.1. The van der Waals surface area contributed by atoms with E-state index in [1.807, 2.05) is 23.6 Å². The van der Waals surface area contributed by atoms with E-state index < -0.39 is 17.8 Å². The van der Waals surface area contributed by atoms with E-state index in [2.05, 4.69) is 5.32 Å². The monoisotopic (exact) mass is 352 g/mol. The van der Waals surface area contributed by atoms with Gasteiger partial charge in [0.05, 0.1) is 11.4 Å². The topological polar surface area (TPSA) is 92.4 Å². The predicted octanol–water partition coefficient (Wildman–Crippen LogP) is 3.80. The number of anilines is 2. The largest absolute Gasteiger partial charge is 0.480 e. The first-order valence-corrected chi connectivity index (χ1v) is 8.46. The quantitative estimate of drug-likeness (QED) is 0.481. The summed E-state index contributed by atoms with van der Waals surface area (Å²) in [6, 6.07) is 17.6. The summed E-state index contributed by atoms with van der Waals surface area (Å²) in [6.07, 6.45) is 0. The number of nitrogens with two attached hydrogens (primary N) is 1. The van der Waals surface area contributed by atoms with Crippen molar-refractivity contribution in [3.8, 4) is 10.4 Å². The summed E-state index contributed by atoms with van der Waals surface area (Å²) in [5, 5.41) is 14.0. The molecule has 126 valence electrons. The van der Waals surface area contributed by atoms with E-state index in [1.165, 1.54) is 0 Å². The van der Waals surface area contributed by atoms with Crippen LogP contribution in [-0.2, 0) is 9.59 Å². The Morgan fingerprint density at radius 3 is 2.40 bits per heavy atom. The molecule has 2 aromatic carbocycles. The molecule has 6 heteroatoms. The molecule has 0 fully saturated rings. The van der Waals surface area contributed by atoms with Crippen molar-refractivity contribution >= 4 is 34.6 Å². The van der Waals surface area contributed by atoms with E-state index in [1.54, 1.807) is 53.8 Å². The third-order valence-corrected chi connectivity index (χ3v) is 4.68. The second-order valence-corrected chi connectivity index (χ2v) is 6.40. The summed E-state index contributed by atoms with van der Waals surface area (Å²) in [6.45, 7) is 0. The van der Waals surface area contributed by atoms with Crippen molar-refractivity contribution in [1.29, 1.82) is 0 Å². The van der Waals surface area contributed by atoms with Crippen LogP contribution in [0.2, 0.25) is 0 Å². The van der Waals surface area contributed by atoms with Crippen LogP contribution in [0, 0.1) is 0 Å². The second kappa shape index (κ2) is 7.19. The number of aliphatic carboxylic acids is 1. The molecule has 0 aliphatic rings. The van der Waals surface area contributed by atoms with Crippen LogP contribution >= 0.6 is 11.3 Å². The number of rotatable bonds is 5. The van der Waals surface area contributed by atoms with E-state index in [0.29, 0.717) is 16.9 Å². The Balaban J connectivity index is 1.83. The zero-order valence-corrected chi connectivity index (χ0v) is 14.0. The fourth-order valence-corrected chi connectivity index (χ4v) is 3.25. The van der Waals surface area contributed by atoms with Crippen molar-refractivity contribution in [2.75, 3.05) is 11.1 Å². The first-order chi connectivity index (χ1) is 12.1. The molecular formula is C19H16N2O3S. The lowest BCUT2D eigenvalue weighted by atomic mass is 9.98. The highest BCUT2D eigenvalue weighted by molar-refractivity contribution is 7.13. The van der Waals surface area contributed by atoms with Crippen molar-refractivity contribution in [3.63, 3.8) is 0 Å². The molecule has 1 heterocycles. The molecule has 0 saturated heterocycles. The predicted molar refractivity (Wildman–Crippen MR) is 99.6 cm³/mol. The molecule has 1 amide bonds. The van der Waals surface area contributed by atoms with Crippen molar-refractivity contribution < 1.29 is 14.7 Å². The number of benzene rings is 2. The molecular weight excluding hydrogens is 336 g/mol. The SMILES string of the molecule is Nc1cc(-c2cccs2)ccc1NC(=O)C(C(=O)O)c1ccccc1. The van der Waals surface area contributed by atoms with E-state index in [0.717, 1.165) is 10.4 Å². The second-order valence-electron chi connectivity index (χ2n) is 5.45. The van der Waals surface area contributed by atoms with Gasteiger partial charge in [-0.2, -0.15) is 0 Å². The summed E-state index contributed by atoms with van der Waals surface area (Å²) >= 11 is 1.59. The highest BCUT2D eigenvalue weighted by Gasteiger charge is 2.28. The fraction of sp³-hybridized carbons (Fsp3) is 0.0526. The minimum Gasteiger partial charge on any atom is -0.480 e. The number of carboxylic acid groups (broad SMARTS) is 1. The van der Waals surface area contributed by atoms with Gasteiger partial charge in [0.2, 0.25) is 5.91 Å². The Hall–Kier alpha value is -3.12. The van der Waals surface area contributed by atoms with E-state index in [9.17, 15) is 14.7 Å². The van der Waals surface area contributed by atoms with Crippen LogP contribution in [0.4, 0.5) is 11.4 Å². The lowest BCUT2D eigenvalue weighted by Crippen LogP contribution is -2.27. The van der Waals surface area contributed by atoms with Crippen LogP contribution < -0.4 is 11.1 Å². The van der Waals surface area contributed by atoms with Gasteiger partial charge in [0, 0.05) is 4.88 Å². The number of carbonyl (C=O) groups excluding carboxylic acids is 1. The number of thiophene rings is 1. The van der Waals surface area contributed by atoms with Gasteiger partial charge in [-0.3, -0.25) is 9.59 Å². The Kier molecular flexibility index (Phi) is 4.81. The molecule has 3 aromatic rings. The first-order valence-electron chi connectivity index (χ1n) is 7.58. The van der Waals surface area contributed by atoms with Crippen LogP contribution in [0.25, 0.3) is 10.4 Å². The molecule has 25 heavy (non-hydrogen) atoms. The Labute approximate surface area is 148 Å². The summed E-state index contributed by atoms with van der Waals surface area (Å²) in [5.74, 6) is -3.13. The molecule has 0 saturated carbocycles. The molecule has 0 radical (unpaired) electrons. The summed E-state index contributed by atoms with van der Waals surface area (Å²) < 4.78 is 0. The van der Waals surface area contributed by atoms with Gasteiger partial charge >= 0.3 is 5.97 Å². The van der Waals surface area contributed by atoms with Gasteiger partial charge in [-0.1, -0.05) is 42.5 Å². The summed E-state index contributed by atoms with van der Waals surface area (Å²) in [7, 11) is 0. The Morgan fingerprint density at radius 2 is 1.80 bits per heavy atom. The first kappa shape index (κ1) is 16.7. The third-order valence-electron chi connectivity index (χ3n) is 3.76. The molecule has 1 unspecified atom stereocenters. The van der Waals surface area contributed by atoms with Crippen LogP contribution in [0.15, 0.2) is 66.0 Å². The molecule has 1 aromatic heterocycles. The lowest BCUT2D eigenvalue weighted by Gasteiger charge is -2.15. The number of amides is 1. The van der Waals surface area contributed by atoms with Gasteiger partial charge in [-0.05, 0) is 34.7 Å². The maximum atomic E-state index is 12.5. The standard InChI is InChI=1S/C19H16N2O3S/c20-14-11-13(16-7-4-10-25-16)8-9-15(14)21-18(22)17(19(23)24)12-5-2-1-3-6-12/h1-11,17H,20H2,(H,21,22)(H,23,24). The fourth-order valence-electron chi connectivity index (χ4n) is 2.53.